The molecule has 0 spiro atoms. The molecule has 1 aliphatic rings. The Morgan fingerprint density at radius 3 is 2.83 bits per heavy atom. The number of carbonyl (C=O) groups excluding carboxylic acids is 1. The Bertz CT molecular complexity index is 697. The molecule has 1 aromatic heterocycles. The number of hydrogen-bond acceptors (Lipinski definition) is 4. The fourth-order valence-electron chi connectivity index (χ4n) is 3.03. The third kappa shape index (κ3) is 3.85. The third-order valence-electron chi connectivity index (χ3n) is 4.32. The summed E-state index contributed by atoms with van der Waals surface area (Å²) in [5, 5.41) is 2.94. The first-order chi connectivity index (χ1) is 11.8. The molecule has 0 radical (unpaired) electrons. The fraction of sp³-hybridized carbons (Fsp3) is 0.368. The van der Waals surface area contributed by atoms with E-state index >= 15 is 0 Å². The van der Waals surface area contributed by atoms with Gasteiger partial charge < -0.3 is 15.0 Å². The zero-order valence-electron chi connectivity index (χ0n) is 14.0. The average Bonchev–Trinajstić information content (AvgIpc) is 3.17. The molecule has 1 aromatic carbocycles. The number of pyridine rings is 1. The van der Waals surface area contributed by atoms with Gasteiger partial charge >= 0.3 is 0 Å². The van der Waals surface area contributed by atoms with Crippen molar-refractivity contribution in [2.45, 2.75) is 19.3 Å². The number of amides is 1. The number of nitrogens with zero attached hydrogens (tertiary/aromatic N) is 2. The summed E-state index contributed by atoms with van der Waals surface area (Å²) in [7, 11) is 1.66. The molecule has 1 fully saturated rings. The molecule has 1 N–H and O–H groups in total. The highest BCUT2D eigenvalue weighted by Gasteiger charge is 2.15. The summed E-state index contributed by atoms with van der Waals surface area (Å²) < 4.78 is 5.33. The first kappa shape index (κ1) is 16.3. The summed E-state index contributed by atoms with van der Waals surface area (Å²) in [5.41, 5.74) is 2.64. The van der Waals surface area contributed by atoms with Crippen LogP contribution in [0.25, 0.3) is 0 Å². The van der Waals surface area contributed by atoms with Crippen LogP contribution in [-0.4, -0.2) is 37.6 Å². The average molecular weight is 325 g/mol. The van der Waals surface area contributed by atoms with Gasteiger partial charge in [-0.15, -0.1) is 0 Å². The Labute approximate surface area is 142 Å². The lowest BCUT2D eigenvalue weighted by atomic mass is 10.1. The normalized spacial score (nSPS) is 13.8. The molecule has 0 aliphatic carbocycles. The number of ether oxygens (including phenoxy) is 1. The van der Waals surface area contributed by atoms with Gasteiger partial charge in [-0.05, 0) is 43.0 Å². The quantitative estimate of drug-likeness (QED) is 0.887. The van der Waals surface area contributed by atoms with Crippen LogP contribution in [0.4, 0.5) is 5.69 Å². The second kappa shape index (κ2) is 7.81. The molecule has 0 bridgehead atoms. The summed E-state index contributed by atoms with van der Waals surface area (Å²) in [4.78, 5) is 18.8. The molecule has 24 heavy (non-hydrogen) atoms. The molecule has 3 rings (SSSR count). The highest BCUT2D eigenvalue weighted by atomic mass is 16.5. The van der Waals surface area contributed by atoms with Crippen LogP contribution >= 0.6 is 0 Å². The van der Waals surface area contributed by atoms with Gasteiger partial charge in [0.2, 0.25) is 0 Å². The van der Waals surface area contributed by atoms with Crippen molar-refractivity contribution in [2.75, 3.05) is 31.6 Å². The van der Waals surface area contributed by atoms with Crippen LogP contribution in [0.2, 0.25) is 0 Å². The minimum atomic E-state index is -0.133. The zero-order chi connectivity index (χ0) is 16.8. The number of rotatable bonds is 6. The summed E-state index contributed by atoms with van der Waals surface area (Å²) in [5.74, 6) is 0.715. The van der Waals surface area contributed by atoms with E-state index in [1.807, 2.05) is 36.4 Å². The van der Waals surface area contributed by atoms with Gasteiger partial charge in [0.1, 0.15) is 11.4 Å². The largest absolute Gasteiger partial charge is 0.496 e. The predicted octanol–water partition coefficient (Wildman–Crippen LogP) is 2.66. The van der Waals surface area contributed by atoms with Gasteiger partial charge in [0.25, 0.3) is 5.91 Å². The molecule has 5 heteroatoms. The molecule has 0 unspecified atom stereocenters. The lowest BCUT2D eigenvalue weighted by Gasteiger charge is -2.17. The number of anilines is 1. The lowest BCUT2D eigenvalue weighted by Crippen LogP contribution is -2.27. The standard InChI is InChI=1S/C19H23N3O2/c1-24-18-7-3-2-6-15(18)8-10-21-19(23)17-14-16(9-11-20-17)22-12-4-5-13-22/h2-3,6-7,9,11,14H,4-5,8,10,12-13H2,1H3,(H,21,23). The Hall–Kier alpha value is -2.56. The fourth-order valence-corrected chi connectivity index (χ4v) is 3.03. The van der Waals surface area contributed by atoms with E-state index in [-0.39, 0.29) is 5.91 Å². The number of nitrogens with one attached hydrogen (secondary N) is 1. The minimum absolute atomic E-state index is 0.133. The highest BCUT2D eigenvalue weighted by Crippen LogP contribution is 2.20. The van der Waals surface area contributed by atoms with Gasteiger partial charge in [-0.3, -0.25) is 9.78 Å². The number of para-hydroxylation sites is 1. The van der Waals surface area contributed by atoms with Crippen molar-refractivity contribution in [1.82, 2.24) is 10.3 Å². The van der Waals surface area contributed by atoms with E-state index in [2.05, 4.69) is 15.2 Å². The monoisotopic (exact) mass is 325 g/mol. The SMILES string of the molecule is COc1ccccc1CCNC(=O)c1cc(N2CCCC2)ccn1. The van der Waals surface area contributed by atoms with Crippen LogP contribution in [0, 0.1) is 0 Å². The molecule has 126 valence electrons. The first-order valence-corrected chi connectivity index (χ1v) is 8.39. The van der Waals surface area contributed by atoms with E-state index in [1.165, 1.54) is 12.8 Å². The lowest BCUT2D eigenvalue weighted by molar-refractivity contribution is 0.0949. The van der Waals surface area contributed by atoms with Gasteiger partial charge in [0.05, 0.1) is 7.11 Å². The van der Waals surface area contributed by atoms with E-state index < -0.39 is 0 Å². The van der Waals surface area contributed by atoms with Crippen molar-refractivity contribution in [3.05, 3.63) is 53.9 Å². The molecule has 5 nitrogen and oxygen atoms in total. The Morgan fingerprint density at radius 2 is 2.04 bits per heavy atom. The van der Waals surface area contributed by atoms with E-state index in [9.17, 15) is 4.79 Å². The smallest absolute Gasteiger partial charge is 0.269 e. The van der Waals surface area contributed by atoms with Crippen LogP contribution in [0.1, 0.15) is 28.9 Å². The molecule has 0 saturated carbocycles. The number of carbonyl (C=O) groups is 1. The molecule has 2 aromatic rings. The second-order valence-electron chi connectivity index (χ2n) is 5.91. The Kier molecular flexibility index (Phi) is 5.31. The minimum Gasteiger partial charge on any atom is -0.496 e. The van der Waals surface area contributed by atoms with Crippen molar-refractivity contribution in [2.24, 2.45) is 0 Å². The predicted molar refractivity (Wildman–Crippen MR) is 94.7 cm³/mol. The van der Waals surface area contributed by atoms with Gasteiger partial charge in [-0.25, -0.2) is 0 Å². The molecular formula is C19H23N3O2. The second-order valence-corrected chi connectivity index (χ2v) is 5.91. The summed E-state index contributed by atoms with van der Waals surface area (Å²) in [6.45, 7) is 2.66. The maximum atomic E-state index is 12.3. The van der Waals surface area contributed by atoms with E-state index in [0.29, 0.717) is 12.2 Å². The van der Waals surface area contributed by atoms with Crippen LogP contribution in [-0.2, 0) is 6.42 Å². The maximum absolute atomic E-state index is 12.3. The summed E-state index contributed by atoms with van der Waals surface area (Å²) >= 11 is 0. The molecular weight excluding hydrogens is 302 g/mol. The number of aromatic nitrogens is 1. The van der Waals surface area contributed by atoms with E-state index in [1.54, 1.807) is 13.3 Å². The number of hydrogen-bond donors (Lipinski definition) is 1. The molecule has 2 heterocycles. The van der Waals surface area contributed by atoms with Crippen LogP contribution in [0.3, 0.4) is 0 Å². The number of methoxy groups -OCH3 is 1. The zero-order valence-corrected chi connectivity index (χ0v) is 14.0. The third-order valence-corrected chi connectivity index (χ3v) is 4.32. The Balaban J connectivity index is 1.58. The van der Waals surface area contributed by atoms with E-state index in [0.717, 1.165) is 36.5 Å². The van der Waals surface area contributed by atoms with E-state index in [4.69, 9.17) is 4.74 Å². The van der Waals surface area contributed by atoms with Crippen molar-refractivity contribution in [3.8, 4) is 5.75 Å². The molecule has 1 aliphatic heterocycles. The highest BCUT2D eigenvalue weighted by molar-refractivity contribution is 5.93. The van der Waals surface area contributed by atoms with Gasteiger partial charge in [-0.2, -0.15) is 0 Å². The van der Waals surface area contributed by atoms with Gasteiger partial charge in [0, 0.05) is 31.5 Å². The van der Waals surface area contributed by atoms with Gasteiger partial charge in [-0.1, -0.05) is 18.2 Å². The van der Waals surface area contributed by atoms with Crippen LogP contribution < -0.4 is 15.0 Å². The van der Waals surface area contributed by atoms with Crippen molar-refractivity contribution >= 4 is 11.6 Å². The van der Waals surface area contributed by atoms with Gasteiger partial charge in [0.15, 0.2) is 0 Å². The Morgan fingerprint density at radius 1 is 1.25 bits per heavy atom. The molecule has 1 saturated heterocycles. The van der Waals surface area contributed by atoms with Crippen molar-refractivity contribution in [3.63, 3.8) is 0 Å². The van der Waals surface area contributed by atoms with Crippen LogP contribution in [0.15, 0.2) is 42.6 Å². The molecule has 1 amide bonds. The summed E-state index contributed by atoms with van der Waals surface area (Å²) in [6.07, 6.45) is 4.86. The maximum Gasteiger partial charge on any atom is 0.269 e. The topological polar surface area (TPSA) is 54.5 Å². The van der Waals surface area contributed by atoms with Crippen molar-refractivity contribution in [1.29, 1.82) is 0 Å². The number of benzene rings is 1. The summed E-state index contributed by atoms with van der Waals surface area (Å²) in [6, 6.07) is 11.7. The van der Waals surface area contributed by atoms with Crippen LogP contribution in [0.5, 0.6) is 5.75 Å². The first-order valence-electron chi connectivity index (χ1n) is 8.39. The van der Waals surface area contributed by atoms with Crippen molar-refractivity contribution < 1.29 is 9.53 Å². The molecule has 0 atom stereocenters.